The summed E-state index contributed by atoms with van der Waals surface area (Å²) in [5.74, 6) is -0.0643. The number of piperazine rings is 1. The van der Waals surface area contributed by atoms with E-state index in [0.29, 0.717) is 44.1 Å². The molecule has 0 saturated carbocycles. The van der Waals surface area contributed by atoms with Crippen LogP contribution in [0.3, 0.4) is 0 Å². The fourth-order valence-electron chi connectivity index (χ4n) is 4.97. The van der Waals surface area contributed by atoms with Crippen LogP contribution in [0.2, 0.25) is 0 Å². The van der Waals surface area contributed by atoms with Crippen LogP contribution in [0.4, 0.5) is 31.2 Å². The number of aliphatic hydroxyl groups excluding tert-OH is 1. The Bertz CT molecular complexity index is 1390. The first-order valence-electron chi connectivity index (χ1n) is 12.6. The summed E-state index contributed by atoms with van der Waals surface area (Å²) in [4.78, 5) is 39.7. The Morgan fingerprint density at radius 3 is 2.76 bits per heavy atom. The average molecular weight is 526 g/mol. The van der Waals surface area contributed by atoms with Gasteiger partial charge in [0.15, 0.2) is 5.82 Å². The normalized spacial score (nSPS) is 17.6. The van der Waals surface area contributed by atoms with Crippen LogP contribution in [0.5, 0.6) is 0 Å². The molecule has 12 heteroatoms. The lowest BCUT2D eigenvalue weighted by Crippen LogP contribution is -2.57. The van der Waals surface area contributed by atoms with E-state index >= 15 is 0 Å². The van der Waals surface area contributed by atoms with E-state index in [1.807, 2.05) is 33.8 Å². The maximum absolute atomic E-state index is 14.7. The Balaban J connectivity index is 1.33. The molecule has 1 fully saturated rings. The summed E-state index contributed by atoms with van der Waals surface area (Å²) in [6.07, 6.45) is 5.02. The fourth-order valence-corrected chi connectivity index (χ4v) is 4.97. The van der Waals surface area contributed by atoms with Gasteiger partial charge >= 0.3 is 12.1 Å². The zero-order chi connectivity index (χ0) is 27.2. The van der Waals surface area contributed by atoms with E-state index in [9.17, 15) is 19.1 Å². The third-order valence-corrected chi connectivity index (χ3v) is 6.66. The van der Waals surface area contributed by atoms with Crippen LogP contribution in [-0.2, 0) is 11.2 Å². The van der Waals surface area contributed by atoms with Crippen molar-refractivity contribution in [1.82, 2.24) is 19.3 Å². The van der Waals surface area contributed by atoms with Crippen LogP contribution in [0, 0.1) is 12.7 Å². The number of halogens is 1. The van der Waals surface area contributed by atoms with E-state index in [2.05, 4.69) is 20.2 Å². The molecular formula is C26H32FN7O4. The highest BCUT2D eigenvalue weighted by molar-refractivity contribution is 6.03. The van der Waals surface area contributed by atoms with Gasteiger partial charge in [0.25, 0.3) is 0 Å². The van der Waals surface area contributed by atoms with Crippen molar-refractivity contribution < 1.29 is 23.8 Å². The van der Waals surface area contributed by atoms with E-state index in [1.54, 1.807) is 21.7 Å². The molecule has 3 amide bonds. The molecule has 3 aromatic rings. The van der Waals surface area contributed by atoms with E-state index in [0.717, 1.165) is 16.9 Å². The van der Waals surface area contributed by atoms with Crippen LogP contribution in [0.15, 0.2) is 30.7 Å². The summed E-state index contributed by atoms with van der Waals surface area (Å²) >= 11 is 0. The number of hydrogen-bond acceptors (Lipinski definition) is 7. The second-order valence-corrected chi connectivity index (χ2v) is 10.6. The first-order chi connectivity index (χ1) is 18.0. The number of nitrogens with zero attached hydrogens (tertiary/aromatic N) is 6. The topological polar surface area (TPSA) is 116 Å². The molecule has 202 valence electrons. The number of pyridine rings is 2. The van der Waals surface area contributed by atoms with Crippen molar-refractivity contribution in [1.29, 1.82) is 0 Å². The molecule has 38 heavy (non-hydrogen) atoms. The van der Waals surface area contributed by atoms with Crippen molar-refractivity contribution in [3.8, 4) is 0 Å². The summed E-state index contributed by atoms with van der Waals surface area (Å²) in [6.45, 7) is 8.75. The number of nitrogens with one attached hydrogen (secondary N) is 1. The minimum absolute atomic E-state index is 0.0496. The third kappa shape index (κ3) is 4.95. The first kappa shape index (κ1) is 25.7. The maximum Gasteiger partial charge on any atom is 0.410 e. The monoisotopic (exact) mass is 525 g/mol. The Kier molecular flexibility index (Phi) is 6.59. The fraction of sp³-hybridized carbons (Fsp3) is 0.462. The van der Waals surface area contributed by atoms with E-state index < -0.39 is 29.6 Å². The number of aryl methyl sites for hydroxylation is 1. The molecule has 1 atom stereocenters. The summed E-state index contributed by atoms with van der Waals surface area (Å²) in [5, 5.41) is 12.7. The Labute approximate surface area is 219 Å². The van der Waals surface area contributed by atoms with Crippen LogP contribution in [-0.4, -0.2) is 80.9 Å². The van der Waals surface area contributed by atoms with E-state index in [-0.39, 0.29) is 12.3 Å². The summed E-state index contributed by atoms with van der Waals surface area (Å²) < 4.78 is 21.8. The van der Waals surface area contributed by atoms with Gasteiger partial charge in [-0.05, 0) is 40.2 Å². The average Bonchev–Trinajstić information content (AvgIpc) is 3.45. The van der Waals surface area contributed by atoms with Crippen molar-refractivity contribution >= 4 is 35.0 Å². The molecule has 0 aromatic carbocycles. The number of aromatic nitrogens is 3. The number of fused-ring (bicyclic) bond motifs is 2. The molecule has 11 nitrogen and oxygen atoms in total. The van der Waals surface area contributed by atoms with Gasteiger partial charge in [-0.3, -0.25) is 9.80 Å². The Hall–Kier alpha value is -3.93. The quantitative estimate of drug-likeness (QED) is 0.540. The van der Waals surface area contributed by atoms with E-state index in [4.69, 9.17) is 4.74 Å². The number of aliphatic hydroxyl groups is 1. The number of imidazole rings is 1. The SMILES string of the molecule is Cc1cn2cc(NC(=O)N3CCc4c(N5CCN(C(=O)OC(C)(C)C)[C@H](CO)C5)ccnc43)c(F)cc2n1. The van der Waals surface area contributed by atoms with Gasteiger partial charge in [-0.15, -0.1) is 0 Å². The number of carbonyl (C=O) groups excluding carboxylic acids is 2. The zero-order valence-electron chi connectivity index (χ0n) is 21.9. The minimum atomic E-state index is -0.628. The molecule has 0 spiro atoms. The summed E-state index contributed by atoms with van der Waals surface area (Å²) in [5.41, 5.74) is 2.42. The van der Waals surface area contributed by atoms with Crippen LogP contribution >= 0.6 is 0 Å². The molecule has 3 aromatic heterocycles. The number of rotatable bonds is 3. The second kappa shape index (κ2) is 9.75. The minimum Gasteiger partial charge on any atom is -0.444 e. The Morgan fingerprint density at radius 2 is 2.03 bits per heavy atom. The highest BCUT2D eigenvalue weighted by Crippen LogP contribution is 2.35. The van der Waals surface area contributed by atoms with E-state index in [1.165, 1.54) is 17.2 Å². The number of urea groups is 1. The van der Waals surface area contributed by atoms with Gasteiger partial charge in [0, 0.05) is 62.1 Å². The molecule has 2 N–H and O–H groups in total. The van der Waals surface area contributed by atoms with Crippen LogP contribution in [0.25, 0.3) is 5.65 Å². The van der Waals surface area contributed by atoms with Crippen molar-refractivity contribution in [2.45, 2.75) is 45.8 Å². The third-order valence-electron chi connectivity index (χ3n) is 6.66. The molecule has 2 aliphatic heterocycles. The van der Waals surface area contributed by atoms with Crippen LogP contribution in [0.1, 0.15) is 32.0 Å². The van der Waals surface area contributed by atoms with Gasteiger partial charge in [0.2, 0.25) is 0 Å². The first-order valence-corrected chi connectivity index (χ1v) is 12.6. The largest absolute Gasteiger partial charge is 0.444 e. The number of carbonyl (C=O) groups is 2. The van der Waals surface area contributed by atoms with Crippen LogP contribution < -0.4 is 15.1 Å². The standard InChI is InChI=1S/C26H32FN7O4/c1-16-12-32-14-20(19(27)11-22(32)29-16)30-24(36)34-8-6-18-21(5-7-28-23(18)34)31-9-10-33(17(13-31)15-35)25(37)38-26(2,3)4/h5,7,11-12,14,17,35H,6,8-10,13,15H2,1-4H3,(H,30,36)/t17-/m0/s1. The van der Waals surface area contributed by atoms with Crippen molar-refractivity contribution in [3.05, 3.63) is 47.8 Å². The predicted molar refractivity (Wildman–Crippen MR) is 140 cm³/mol. The lowest BCUT2D eigenvalue weighted by atomic mass is 10.1. The van der Waals surface area contributed by atoms with Gasteiger partial charge in [-0.1, -0.05) is 0 Å². The van der Waals surface area contributed by atoms with Crippen molar-refractivity contribution in [2.24, 2.45) is 0 Å². The summed E-state index contributed by atoms with van der Waals surface area (Å²) in [6, 6.07) is 2.25. The zero-order valence-corrected chi connectivity index (χ0v) is 21.9. The molecule has 1 saturated heterocycles. The number of hydrogen-bond donors (Lipinski definition) is 2. The lowest BCUT2D eigenvalue weighted by molar-refractivity contribution is 0.00703. The smallest absolute Gasteiger partial charge is 0.410 e. The van der Waals surface area contributed by atoms with Gasteiger partial charge < -0.3 is 24.5 Å². The molecule has 5 rings (SSSR count). The van der Waals surface area contributed by atoms with Crippen molar-refractivity contribution in [2.75, 3.05) is 47.9 Å². The Morgan fingerprint density at radius 1 is 1.24 bits per heavy atom. The molecular weight excluding hydrogens is 493 g/mol. The highest BCUT2D eigenvalue weighted by Gasteiger charge is 2.36. The van der Waals surface area contributed by atoms with Gasteiger partial charge in [0.05, 0.1) is 24.0 Å². The van der Waals surface area contributed by atoms with Gasteiger partial charge in [-0.25, -0.2) is 23.9 Å². The molecule has 5 heterocycles. The number of ether oxygens (including phenoxy) is 1. The summed E-state index contributed by atoms with van der Waals surface area (Å²) in [7, 11) is 0. The molecule has 0 unspecified atom stereocenters. The number of anilines is 3. The maximum atomic E-state index is 14.7. The molecule has 0 radical (unpaired) electrons. The molecule has 2 aliphatic rings. The highest BCUT2D eigenvalue weighted by atomic mass is 19.1. The lowest BCUT2D eigenvalue weighted by Gasteiger charge is -2.42. The predicted octanol–water partition coefficient (Wildman–Crippen LogP) is 3.19. The van der Waals surface area contributed by atoms with Crippen molar-refractivity contribution in [3.63, 3.8) is 0 Å². The number of amides is 3. The van der Waals surface area contributed by atoms with Gasteiger partial charge in [0.1, 0.15) is 17.1 Å². The molecule has 0 aliphatic carbocycles. The van der Waals surface area contributed by atoms with Gasteiger partial charge in [-0.2, -0.15) is 0 Å². The second-order valence-electron chi connectivity index (χ2n) is 10.6. The molecule has 0 bridgehead atoms.